The number of rotatable bonds is 1. The fraction of sp³-hybridized carbons (Fsp3) is 0.429. The summed E-state index contributed by atoms with van der Waals surface area (Å²) in [4.78, 5) is 18.9. The van der Waals surface area contributed by atoms with Crippen LogP contribution in [0.3, 0.4) is 0 Å². The van der Waals surface area contributed by atoms with Gasteiger partial charge in [0.15, 0.2) is 0 Å². The molecule has 0 bridgehead atoms. The van der Waals surface area contributed by atoms with Gasteiger partial charge in [-0.15, -0.1) is 0 Å². The Balaban J connectivity index is 2.00. The monoisotopic (exact) mass is 243 g/mol. The SMILES string of the molecule is CN1C(=O)C(c2ccccc2)=N[C@@]12CCCNC2. The number of nitrogens with zero attached hydrogens (tertiary/aromatic N) is 2. The van der Waals surface area contributed by atoms with Gasteiger partial charge in [-0.1, -0.05) is 30.3 Å². The highest BCUT2D eigenvalue weighted by Crippen LogP contribution is 2.31. The molecule has 1 aromatic rings. The highest BCUT2D eigenvalue weighted by atomic mass is 16.2. The second-order valence-electron chi connectivity index (χ2n) is 4.95. The first-order chi connectivity index (χ1) is 8.73. The quantitative estimate of drug-likeness (QED) is 0.800. The number of hydrogen-bond acceptors (Lipinski definition) is 3. The minimum absolute atomic E-state index is 0.0323. The molecule has 2 aliphatic rings. The van der Waals surface area contributed by atoms with Crippen LogP contribution in [0.1, 0.15) is 18.4 Å². The third-order valence-electron chi connectivity index (χ3n) is 3.84. The molecule has 0 radical (unpaired) electrons. The molecule has 2 heterocycles. The molecule has 2 aliphatic heterocycles. The summed E-state index contributed by atoms with van der Waals surface area (Å²) in [6, 6.07) is 9.72. The highest BCUT2D eigenvalue weighted by Gasteiger charge is 2.45. The van der Waals surface area contributed by atoms with Crippen LogP contribution >= 0.6 is 0 Å². The maximum atomic E-state index is 12.3. The zero-order valence-electron chi connectivity index (χ0n) is 10.5. The van der Waals surface area contributed by atoms with E-state index in [1.54, 1.807) is 4.90 Å². The Morgan fingerprint density at radius 2 is 2.11 bits per heavy atom. The van der Waals surface area contributed by atoms with Crippen LogP contribution in [0.2, 0.25) is 0 Å². The molecule has 1 amide bonds. The highest BCUT2D eigenvalue weighted by molar-refractivity contribution is 6.46. The van der Waals surface area contributed by atoms with Crippen molar-refractivity contribution in [2.75, 3.05) is 20.1 Å². The van der Waals surface area contributed by atoms with E-state index in [9.17, 15) is 4.79 Å². The van der Waals surface area contributed by atoms with E-state index >= 15 is 0 Å². The Morgan fingerprint density at radius 1 is 1.33 bits per heavy atom. The van der Waals surface area contributed by atoms with Gasteiger partial charge in [-0.3, -0.25) is 4.79 Å². The molecular weight excluding hydrogens is 226 g/mol. The third kappa shape index (κ3) is 1.64. The Bertz CT molecular complexity index is 489. The molecule has 3 rings (SSSR count). The fourth-order valence-corrected chi connectivity index (χ4v) is 2.72. The van der Waals surface area contributed by atoms with Crippen LogP contribution in [-0.2, 0) is 4.79 Å². The van der Waals surface area contributed by atoms with Crippen molar-refractivity contribution in [3.05, 3.63) is 35.9 Å². The summed E-state index contributed by atoms with van der Waals surface area (Å²) in [5.74, 6) is 0.0323. The number of piperidine rings is 1. The molecule has 0 aliphatic carbocycles. The number of benzene rings is 1. The van der Waals surface area contributed by atoms with Crippen LogP contribution in [0.5, 0.6) is 0 Å². The second-order valence-corrected chi connectivity index (χ2v) is 4.95. The van der Waals surface area contributed by atoms with Gasteiger partial charge in [0.2, 0.25) is 0 Å². The lowest BCUT2D eigenvalue weighted by Gasteiger charge is -2.37. The maximum Gasteiger partial charge on any atom is 0.274 e. The summed E-state index contributed by atoms with van der Waals surface area (Å²) in [5.41, 5.74) is 1.15. The van der Waals surface area contributed by atoms with Gasteiger partial charge < -0.3 is 10.2 Å². The summed E-state index contributed by atoms with van der Waals surface area (Å²) in [6.07, 6.45) is 2.00. The number of amides is 1. The van der Waals surface area contributed by atoms with E-state index in [0.29, 0.717) is 5.71 Å². The van der Waals surface area contributed by atoms with Gasteiger partial charge in [-0.25, -0.2) is 4.99 Å². The largest absolute Gasteiger partial charge is 0.314 e. The smallest absolute Gasteiger partial charge is 0.274 e. The molecule has 0 aromatic heterocycles. The van der Waals surface area contributed by atoms with Crippen molar-refractivity contribution in [1.82, 2.24) is 10.2 Å². The molecule has 18 heavy (non-hydrogen) atoms. The van der Waals surface area contributed by atoms with Crippen LogP contribution in [0.4, 0.5) is 0 Å². The molecule has 1 saturated heterocycles. The van der Waals surface area contributed by atoms with Crippen molar-refractivity contribution in [2.24, 2.45) is 4.99 Å². The average Bonchev–Trinajstić information content (AvgIpc) is 2.67. The Hall–Kier alpha value is -1.68. The Morgan fingerprint density at radius 3 is 2.78 bits per heavy atom. The van der Waals surface area contributed by atoms with E-state index in [1.165, 1.54) is 0 Å². The average molecular weight is 243 g/mol. The van der Waals surface area contributed by atoms with Crippen LogP contribution in [-0.4, -0.2) is 42.3 Å². The second kappa shape index (κ2) is 4.21. The standard InChI is InChI=1S/C14H17N3O/c1-17-13(18)12(11-6-3-2-4-7-11)16-14(17)8-5-9-15-10-14/h2-4,6-7,15H,5,8-10H2,1H3/t14-/m0/s1. The first kappa shape index (κ1) is 11.4. The third-order valence-corrected chi connectivity index (χ3v) is 3.84. The van der Waals surface area contributed by atoms with Crippen molar-refractivity contribution in [3.63, 3.8) is 0 Å². The van der Waals surface area contributed by atoms with Crippen molar-refractivity contribution in [3.8, 4) is 0 Å². The van der Waals surface area contributed by atoms with Crippen LogP contribution in [0.25, 0.3) is 0 Å². The normalized spacial score (nSPS) is 27.7. The fourth-order valence-electron chi connectivity index (χ4n) is 2.72. The molecule has 94 valence electrons. The van der Waals surface area contributed by atoms with Crippen molar-refractivity contribution in [2.45, 2.75) is 18.5 Å². The lowest BCUT2D eigenvalue weighted by Crippen LogP contribution is -2.53. The summed E-state index contributed by atoms with van der Waals surface area (Å²) in [5, 5.41) is 3.34. The predicted octanol–water partition coefficient (Wildman–Crippen LogP) is 1.03. The molecule has 1 aromatic carbocycles. The minimum atomic E-state index is -0.361. The number of carbonyl (C=O) groups is 1. The number of nitrogens with one attached hydrogen (secondary N) is 1. The van der Waals surface area contributed by atoms with Gasteiger partial charge in [-0.2, -0.15) is 0 Å². The minimum Gasteiger partial charge on any atom is -0.314 e. The van der Waals surface area contributed by atoms with Gasteiger partial charge in [0.1, 0.15) is 11.4 Å². The van der Waals surface area contributed by atoms with Gasteiger partial charge in [0.25, 0.3) is 5.91 Å². The number of likely N-dealkylation sites (N-methyl/N-ethyl adjacent to an activating group) is 1. The molecule has 0 unspecified atom stereocenters. The number of hydrogen-bond donors (Lipinski definition) is 1. The van der Waals surface area contributed by atoms with Gasteiger partial charge in [0.05, 0.1) is 0 Å². The molecule has 1 atom stereocenters. The summed E-state index contributed by atoms with van der Waals surface area (Å²) in [7, 11) is 1.86. The van der Waals surface area contributed by atoms with E-state index in [1.807, 2.05) is 37.4 Å². The van der Waals surface area contributed by atoms with E-state index in [4.69, 9.17) is 4.99 Å². The lowest BCUT2D eigenvalue weighted by atomic mass is 10.00. The van der Waals surface area contributed by atoms with Crippen molar-refractivity contribution >= 4 is 11.6 Å². The summed E-state index contributed by atoms with van der Waals surface area (Å²) >= 11 is 0. The van der Waals surface area contributed by atoms with Crippen LogP contribution in [0, 0.1) is 0 Å². The van der Waals surface area contributed by atoms with E-state index in [-0.39, 0.29) is 11.6 Å². The predicted molar refractivity (Wildman–Crippen MR) is 70.6 cm³/mol. The Labute approximate surface area is 107 Å². The topological polar surface area (TPSA) is 44.7 Å². The van der Waals surface area contributed by atoms with Gasteiger partial charge >= 0.3 is 0 Å². The molecule has 4 nitrogen and oxygen atoms in total. The number of aliphatic imine (C=N–C) groups is 1. The molecule has 0 saturated carbocycles. The van der Waals surface area contributed by atoms with Gasteiger partial charge in [0, 0.05) is 19.2 Å². The van der Waals surface area contributed by atoms with Crippen molar-refractivity contribution in [1.29, 1.82) is 0 Å². The molecule has 1 fully saturated rings. The van der Waals surface area contributed by atoms with E-state index in [2.05, 4.69) is 5.32 Å². The summed E-state index contributed by atoms with van der Waals surface area (Å²) < 4.78 is 0. The molecule has 4 heteroatoms. The zero-order valence-corrected chi connectivity index (χ0v) is 10.5. The zero-order chi connectivity index (χ0) is 12.6. The van der Waals surface area contributed by atoms with E-state index < -0.39 is 0 Å². The number of carbonyl (C=O) groups excluding carboxylic acids is 1. The van der Waals surface area contributed by atoms with E-state index in [0.717, 1.165) is 31.5 Å². The Kier molecular flexibility index (Phi) is 2.67. The van der Waals surface area contributed by atoms with Crippen LogP contribution < -0.4 is 5.32 Å². The molecule has 1 spiro atoms. The maximum absolute atomic E-state index is 12.3. The van der Waals surface area contributed by atoms with Crippen LogP contribution in [0.15, 0.2) is 35.3 Å². The molecule has 1 N–H and O–H groups in total. The van der Waals surface area contributed by atoms with Gasteiger partial charge in [-0.05, 0) is 19.4 Å². The summed E-state index contributed by atoms with van der Waals surface area (Å²) in [6.45, 7) is 1.77. The first-order valence-corrected chi connectivity index (χ1v) is 6.37. The van der Waals surface area contributed by atoms with Crippen molar-refractivity contribution < 1.29 is 4.79 Å². The first-order valence-electron chi connectivity index (χ1n) is 6.37. The molecular formula is C14H17N3O. The lowest BCUT2D eigenvalue weighted by molar-refractivity contribution is -0.126.